The Balaban J connectivity index is 2.10. The number of aliphatic carboxylic acids is 1. The average molecular weight is 315 g/mol. The minimum absolute atomic E-state index is 0.201. The fourth-order valence-electron chi connectivity index (χ4n) is 3.11. The minimum atomic E-state index is -0.893. The van der Waals surface area contributed by atoms with Crippen LogP contribution in [0.2, 0.25) is 0 Å². The lowest BCUT2D eigenvalue weighted by Gasteiger charge is -2.29. The zero-order valence-electron chi connectivity index (χ0n) is 14.1. The standard InChI is InChI=1S/C19H25NO3/c1-4-5-14-6-8-15(9-7-14)20-18(21)16-10-12(2)13(3)11-17(16)19(22)23/h6-9,16-17H,4-5,10-11H2,1-3H3,(H,20,21)(H,22,23). The molecule has 1 aromatic rings. The van der Waals surface area contributed by atoms with Gasteiger partial charge in [0.05, 0.1) is 11.8 Å². The van der Waals surface area contributed by atoms with Crippen LogP contribution in [0.25, 0.3) is 0 Å². The van der Waals surface area contributed by atoms with Gasteiger partial charge >= 0.3 is 5.97 Å². The molecule has 0 aliphatic heterocycles. The van der Waals surface area contributed by atoms with Crippen molar-refractivity contribution in [3.63, 3.8) is 0 Å². The average Bonchev–Trinajstić information content (AvgIpc) is 2.51. The molecule has 0 bridgehead atoms. The lowest BCUT2D eigenvalue weighted by molar-refractivity contribution is -0.146. The molecule has 124 valence electrons. The molecule has 4 nitrogen and oxygen atoms in total. The summed E-state index contributed by atoms with van der Waals surface area (Å²) in [6, 6.07) is 7.78. The largest absolute Gasteiger partial charge is 0.481 e. The number of hydrogen-bond donors (Lipinski definition) is 2. The van der Waals surface area contributed by atoms with Gasteiger partial charge in [0.1, 0.15) is 0 Å². The topological polar surface area (TPSA) is 66.4 Å². The van der Waals surface area contributed by atoms with Crippen LogP contribution in [-0.4, -0.2) is 17.0 Å². The summed E-state index contributed by atoms with van der Waals surface area (Å²) < 4.78 is 0. The molecule has 2 atom stereocenters. The number of anilines is 1. The number of carbonyl (C=O) groups is 2. The highest BCUT2D eigenvalue weighted by Crippen LogP contribution is 2.35. The van der Waals surface area contributed by atoms with Gasteiger partial charge in [0, 0.05) is 5.69 Å². The predicted molar refractivity (Wildman–Crippen MR) is 91.3 cm³/mol. The van der Waals surface area contributed by atoms with Crippen LogP contribution < -0.4 is 5.32 Å². The lowest BCUT2D eigenvalue weighted by Crippen LogP contribution is -2.36. The van der Waals surface area contributed by atoms with E-state index >= 15 is 0 Å². The van der Waals surface area contributed by atoms with Gasteiger partial charge < -0.3 is 10.4 Å². The van der Waals surface area contributed by atoms with Gasteiger partial charge in [-0.15, -0.1) is 0 Å². The predicted octanol–water partition coefficient (Wildman–Crippen LogP) is 4.02. The molecule has 1 aliphatic rings. The molecule has 0 heterocycles. The molecule has 0 saturated carbocycles. The SMILES string of the molecule is CCCc1ccc(NC(=O)C2CC(C)=C(C)CC2C(=O)O)cc1. The maximum Gasteiger partial charge on any atom is 0.307 e. The first-order chi connectivity index (χ1) is 10.9. The number of carbonyl (C=O) groups excluding carboxylic acids is 1. The molecule has 0 saturated heterocycles. The Morgan fingerprint density at radius 1 is 1.09 bits per heavy atom. The van der Waals surface area contributed by atoms with Crippen molar-refractivity contribution in [2.75, 3.05) is 5.32 Å². The monoisotopic (exact) mass is 315 g/mol. The minimum Gasteiger partial charge on any atom is -0.481 e. The zero-order chi connectivity index (χ0) is 17.0. The fraction of sp³-hybridized carbons (Fsp3) is 0.474. The van der Waals surface area contributed by atoms with E-state index in [1.165, 1.54) is 5.56 Å². The summed E-state index contributed by atoms with van der Waals surface area (Å²) in [6.07, 6.45) is 3.07. The van der Waals surface area contributed by atoms with E-state index in [-0.39, 0.29) is 5.91 Å². The van der Waals surface area contributed by atoms with E-state index < -0.39 is 17.8 Å². The zero-order valence-corrected chi connectivity index (χ0v) is 14.1. The van der Waals surface area contributed by atoms with E-state index in [1.54, 1.807) is 0 Å². The van der Waals surface area contributed by atoms with Gasteiger partial charge in [-0.3, -0.25) is 9.59 Å². The summed E-state index contributed by atoms with van der Waals surface area (Å²) in [5.74, 6) is -2.24. The second-order valence-corrected chi connectivity index (χ2v) is 6.46. The summed E-state index contributed by atoms with van der Waals surface area (Å²) in [6.45, 7) is 6.06. The molecule has 0 aromatic heterocycles. The summed E-state index contributed by atoms with van der Waals surface area (Å²) in [4.78, 5) is 24.0. The molecule has 2 unspecified atom stereocenters. The molecule has 1 amide bonds. The van der Waals surface area contributed by atoms with Crippen molar-refractivity contribution in [1.29, 1.82) is 0 Å². The van der Waals surface area contributed by atoms with Gasteiger partial charge in [0.25, 0.3) is 0 Å². The number of aryl methyl sites for hydroxylation is 1. The van der Waals surface area contributed by atoms with Crippen LogP contribution in [-0.2, 0) is 16.0 Å². The first-order valence-corrected chi connectivity index (χ1v) is 8.20. The Labute approximate surface area is 137 Å². The van der Waals surface area contributed by atoms with Gasteiger partial charge in [0.15, 0.2) is 0 Å². The van der Waals surface area contributed by atoms with Crippen LogP contribution in [0.15, 0.2) is 35.4 Å². The van der Waals surface area contributed by atoms with Crippen molar-refractivity contribution in [1.82, 2.24) is 0 Å². The smallest absolute Gasteiger partial charge is 0.307 e. The highest BCUT2D eigenvalue weighted by Gasteiger charge is 2.37. The Hall–Kier alpha value is -2.10. The van der Waals surface area contributed by atoms with Crippen LogP contribution in [0.5, 0.6) is 0 Å². The number of carboxylic acid groups (broad SMARTS) is 1. The maximum absolute atomic E-state index is 12.5. The maximum atomic E-state index is 12.5. The number of amides is 1. The quantitative estimate of drug-likeness (QED) is 0.806. The summed E-state index contributed by atoms with van der Waals surface area (Å²) in [5, 5.41) is 12.3. The molecule has 1 aliphatic carbocycles. The van der Waals surface area contributed by atoms with Crippen molar-refractivity contribution in [2.24, 2.45) is 11.8 Å². The van der Waals surface area contributed by atoms with Crippen molar-refractivity contribution in [2.45, 2.75) is 46.5 Å². The highest BCUT2D eigenvalue weighted by atomic mass is 16.4. The molecule has 1 aromatic carbocycles. The van der Waals surface area contributed by atoms with Gasteiger partial charge in [0.2, 0.25) is 5.91 Å². The number of rotatable bonds is 5. The first-order valence-electron chi connectivity index (χ1n) is 8.20. The Morgan fingerprint density at radius 3 is 2.17 bits per heavy atom. The second-order valence-electron chi connectivity index (χ2n) is 6.46. The number of benzene rings is 1. The molecular formula is C19H25NO3. The van der Waals surface area contributed by atoms with Gasteiger partial charge in [-0.1, -0.05) is 36.6 Å². The van der Waals surface area contributed by atoms with Crippen molar-refractivity contribution < 1.29 is 14.7 Å². The van der Waals surface area contributed by atoms with Crippen molar-refractivity contribution >= 4 is 17.6 Å². The van der Waals surface area contributed by atoms with Gasteiger partial charge in [-0.05, 0) is 50.8 Å². The fourth-order valence-corrected chi connectivity index (χ4v) is 3.11. The Kier molecular flexibility index (Phi) is 5.59. The van der Waals surface area contributed by atoms with Gasteiger partial charge in [-0.25, -0.2) is 0 Å². The van der Waals surface area contributed by atoms with Crippen molar-refractivity contribution in [3.05, 3.63) is 41.0 Å². The van der Waals surface area contributed by atoms with Crippen LogP contribution in [0, 0.1) is 11.8 Å². The number of carboxylic acids is 1. The van der Waals surface area contributed by atoms with Crippen LogP contribution in [0.3, 0.4) is 0 Å². The Bertz CT molecular complexity index is 616. The summed E-state index contributed by atoms with van der Waals surface area (Å²) in [7, 11) is 0. The van der Waals surface area contributed by atoms with E-state index in [0.29, 0.717) is 12.8 Å². The van der Waals surface area contributed by atoms with Crippen LogP contribution >= 0.6 is 0 Å². The summed E-state index contributed by atoms with van der Waals surface area (Å²) >= 11 is 0. The van der Waals surface area contributed by atoms with E-state index in [0.717, 1.165) is 29.7 Å². The highest BCUT2D eigenvalue weighted by molar-refractivity contribution is 5.95. The van der Waals surface area contributed by atoms with Crippen LogP contribution in [0.4, 0.5) is 5.69 Å². The first kappa shape index (κ1) is 17.3. The van der Waals surface area contributed by atoms with Gasteiger partial charge in [-0.2, -0.15) is 0 Å². The second kappa shape index (κ2) is 7.44. The molecule has 2 rings (SSSR count). The van der Waals surface area contributed by atoms with E-state index in [1.807, 2.05) is 38.1 Å². The number of allylic oxidation sites excluding steroid dienone is 2. The summed E-state index contributed by atoms with van der Waals surface area (Å²) in [5.41, 5.74) is 4.18. The third-order valence-corrected chi connectivity index (χ3v) is 4.68. The molecule has 4 heteroatoms. The Morgan fingerprint density at radius 2 is 1.65 bits per heavy atom. The molecule has 2 N–H and O–H groups in total. The lowest BCUT2D eigenvalue weighted by atomic mass is 9.76. The molecule has 23 heavy (non-hydrogen) atoms. The van der Waals surface area contributed by atoms with E-state index in [4.69, 9.17) is 0 Å². The molecule has 0 fully saturated rings. The molecule has 0 radical (unpaired) electrons. The van der Waals surface area contributed by atoms with E-state index in [2.05, 4.69) is 12.2 Å². The number of hydrogen-bond acceptors (Lipinski definition) is 2. The third kappa shape index (κ3) is 4.21. The third-order valence-electron chi connectivity index (χ3n) is 4.68. The van der Waals surface area contributed by atoms with Crippen molar-refractivity contribution in [3.8, 4) is 0 Å². The molecular weight excluding hydrogens is 290 g/mol. The normalized spacial score (nSPS) is 21.2. The molecule has 0 spiro atoms. The number of nitrogens with one attached hydrogen (secondary N) is 1. The van der Waals surface area contributed by atoms with E-state index in [9.17, 15) is 14.7 Å². The van der Waals surface area contributed by atoms with Crippen LogP contribution in [0.1, 0.15) is 45.6 Å².